The number of carbonyl (C=O) groups is 1. The molecule has 0 heterocycles. The van der Waals surface area contributed by atoms with Crippen molar-refractivity contribution in [2.45, 2.75) is 44.1 Å². The molecule has 0 bridgehead atoms. The molecule has 1 saturated carbocycles. The Hall–Kier alpha value is -0.860. The molecule has 1 aliphatic carbocycles. The van der Waals surface area contributed by atoms with E-state index in [9.17, 15) is 13.2 Å². The third-order valence-electron chi connectivity index (χ3n) is 3.12. The first-order valence-corrected chi connectivity index (χ1v) is 7.49. The summed E-state index contributed by atoms with van der Waals surface area (Å²) in [5, 5.41) is 0. The molecule has 1 amide bonds. The minimum Gasteiger partial charge on any atom is -0.452 e. The zero-order valence-corrected chi connectivity index (χ0v) is 11.4. The maximum absolute atomic E-state index is 11.5. The Labute approximate surface area is 108 Å². The Morgan fingerprint density at radius 3 is 2.33 bits per heavy atom. The van der Waals surface area contributed by atoms with Crippen molar-refractivity contribution in [1.29, 1.82) is 0 Å². The van der Waals surface area contributed by atoms with Gasteiger partial charge in [0.05, 0.1) is 7.11 Å². The predicted molar refractivity (Wildman–Crippen MR) is 67.1 cm³/mol. The molecular formula is C10H21N3O4S. The molecule has 0 radical (unpaired) electrons. The van der Waals surface area contributed by atoms with Crippen molar-refractivity contribution in [1.82, 2.24) is 9.44 Å². The van der Waals surface area contributed by atoms with Gasteiger partial charge in [-0.15, -0.1) is 0 Å². The zero-order valence-electron chi connectivity index (χ0n) is 10.6. The molecule has 0 atom stereocenters. The summed E-state index contributed by atoms with van der Waals surface area (Å²) in [6, 6.07) is 0. The Morgan fingerprint density at radius 2 is 1.83 bits per heavy atom. The fourth-order valence-corrected chi connectivity index (χ4v) is 2.89. The van der Waals surface area contributed by atoms with Gasteiger partial charge in [-0.1, -0.05) is 25.7 Å². The van der Waals surface area contributed by atoms with E-state index in [2.05, 4.69) is 9.46 Å². The fourth-order valence-electron chi connectivity index (χ4n) is 2.04. The lowest BCUT2D eigenvalue weighted by molar-refractivity contribution is 0.177. The van der Waals surface area contributed by atoms with E-state index in [1.807, 2.05) is 0 Å². The Morgan fingerprint density at radius 1 is 1.28 bits per heavy atom. The van der Waals surface area contributed by atoms with E-state index < -0.39 is 21.8 Å². The number of hydrogen-bond acceptors (Lipinski definition) is 5. The molecule has 106 valence electrons. The smallest absolute Gasteiger partial charge is 0.421 e. The highest BCUT2D eigenvalue weighted by atomic mass is 32.2. The highest BCUT2D eigenvalue weighted by Crippen LogP contribution is 2.24. The number of nitrogens with two attached hydrogens (primary N) is 1. The van der Waals surface area contributed by atoms with Gasteiger partial charge in [-0.2, -0.15) is 13.1 Å². The van der Waals surface area contributed by atoms with E-state index in [0.29, 0.717) is 0 Å². The summed E-state index contributed by atoms with van der Waals surface area (Å²) in [7, 11) is -2.80. The van der Waals surface area contributed by atoms with Crippen LogP contribution in [0.1, 0.15) is 38.5 Å². The normalized spacial score (nSPS) is 19.9. The summed E-state index contributed by atoms with van der Waals surface area (Å²) in [6.45, 7) is 0.124. The van der Waals surface area contributed by atoms with Crippen LogP contribution in [-0.2, 0) is 14.9 Å². The van der Waals surface area contributed by atoms with Crippen molar-refractivity contribution in [3.8, 4) is 0 Å². The second kappa shape index (κ2) is 6.35. The van der Waals surface area contributed by atoms with Gasteiger partial charge >= 0.3 is 16.3 Å². The third kappa shape index (κ3) is 5.19. The Bertz CT molecular complexity index is 375. The van der Waals surface area contributed by atoms with E-state index in [0.717, 1.165) is 45.6 Å². The van der Waals surface area contributed by atoms with Gasteiger partial charge in [-0.3, -0.25) is 0 Å². The highest BCUT2D eigenvalue weighted by Gasteiger charge is 2.28. The molecule has 4 N–H and O–H groups in total. The van der Waals surface area contributed by atoms with E-state index in [-0.39, 0.29) is 6.54 Å². The predicted octanol–water partition coefficient (Wildman–Crippen LogP) is 0.228. The highest BCUT2D eigenvalue weighted by molar-refractivity contribution is 7.88. The van der Waals surface area contributed by atoms with Gasteiger partial charge < -0.3 is 10.5 Å². The Kier molecular flexibility index (Phi) is 5.36. The van der Waals surface area contributed by atoms with E-state index in [1.165, 1.54) is 0 Å². The number of rotatable bonds is 4. The van der Waals surface area contributed by atoms with Gasteiger partial charge in [0.2, 0.25) is 0 Å². The fraction of sp³-hybridized carbons (Fsp3) is 0.900. The van der Waals surface area contributed by atoms with Gasteiger partial charge in [0.1, 0.15) is 0 Å². The van der Waals surface area contributed by atoms with Crippen LogP contribution in [0.3, 0.4) is 0 Å². The lowest BCUT2D eigenvalue weighted by atomic mass is 9.92. The molecule has 1 rings (SSSR count). The first-order valence-electron chi connectivity index (χ1n) is 6.01. The average Bonchev–Trinajstić information content (AvgIpc) is 2.52. The van der Waals surface area contributed by atoms with Crippen LogP contribution in [0.2, 0.25) is 0 Å². The van der Waals surface area contributed by atoms with Crippen LogP contribution in [0.4, 0.5) is 4.79 Å². The van der Waals surface area contributed by atoms with Gasteiger partial charge in [-0.25, -0.2) is 9.52 Å². The van der Waals surface area contributed by atoms with E-state index in [1.54, 1.807) is 4.72 Å². The number of carbonyl (C=O) groups excluding carboxylic acids is 1. The maximum Gasteiger partial charge on any atom is 0.421 e. The largest absolute Gasteiger partial charge is 0.452 e. The van der Waals surface area contributed by atoms with Crippen molar-refractivity contribution in [3.63, 3.8) is 0 Å². The molecule has 1 aliphatic rings. The summed E-state index contributed by atoms with van der Waals surface area (Å²) in [4.78, 5) is 10.8. The molecule has 0 spiro atoms. The molecule has 0 aromatic carbocycles. The average molecular weight is 279 g/mol. The molecule has 0 unspecified atom stereocenters. The molecular weight excluding hydrogens is 258 g/mol. The lowest BCUT2D eigenvalue weighted by Gasteiger charge is -2.28. The number of nitrogens with one attached hydrogen (secondary N) is 2. The molecule has 7 nitrogen and oxygen atoms in total. The number of ether oxygens (including phenoxy) is 1. The van der Waals surface area contributed by atoms with Crippen molar-refractivity contribution in [2.75, 3.05) is 13.7 Å². The number of hydrogen-bond donors (Lipinski definition) is 3. The monoisotopic (exact) mass is 279 g/mol. The van der Waals surface area contributed by atoms with Crippen molar-refractivity contribution >= 4 is 16.3 Å². The van der Waals surface area contributed by atoms with Crippen molar-refractivity contribution in [2.24, 2.45) is 5.73 Å². The van der Waals surface area contributed by atoms with Crippen molar-refractivity contribution < 1.29 is 17.9 Å². The summed E-state index contributed by atoms with van der Waals surface area (Å²) in [5.41, 5.74) is 5.63. The molecule has 18 heavy (non-hydrogen) atoms. The second-order valence-electron chi connectivity index (χ2n) is 4.69. The minimum absolute atomic E-state index is 0.124. The van der Waals surface area contributed by atoms with Crippen LogP contribution in [0, 0.1) is 0 Å². The Balaban J connectivity index is 2.49. The van der Waals surface area contributed by atoms with E-state index in [4.69, 9.17) is 5.73 Å². The van der Waals surface area contributed by atoms with Crippen LogP contribution in [0.25, 0.3) is 0 Å². The van der Waals surface area contributed by atoms with Gasteiger partial charge in [0.25, 0.3) is 0 Å². The molecule has 8 heteroatoms. The summed E-state index contributed by atoms with van der Waals surface area (Å²) in [6.07, 6.45) is 4.82. The molecule has 0 aromatic rings. The molecule has 0 aromatic heterocycles. The molecule has 1 fully saturated rings. The number of amides is 1. The third-order valence-corrected chi connectivity index (χ3v) is 4.08. The van der Waals surface area contributed by atoms with E-state index >= 15 is 0 Å². The first kappa shape index (κ1) is 15.2. The molecule has 0 saturated heterocycles. The van der Waals surface area contributed by atoms with Crippen molar-refractivity contribution in [3.05, 3.63) is 0 Å². The van der Waals surface area contributed by atoms with Gasteiger partial charge in [0.15, 0.2) is 0 Å². The minimum atomic E-state index is -3.90. The van der Waals surface area contributed by atoms with Crippen LogP contribution >= 0.6 is 0 Å². The van der Waals surface area contributed by atoms with Crippen LogP contribution in [0.15, 0.2) is 0 Å². The van der Waals surface area contributed by atoms with Gasteiger partial charge in [-0.05, 0) is 12.8 Å². The quantitative estimate of drug-likeness (QED) is 0.638. The topological polar surface area (TPSA) is 111 Å². The summed E-state index contributed by atoms with van der Waals surface area (Å²) < 4.78 is 31.2. The summed E-state index contributed by atoms with van der Waals surface area (Å²) >= 11 is 0. The summed E-state index contributed by atoms with van der Waals surface area (Å²) in [5.74, 6) is 0. The van der Waals surface area contributed by atoms with Crippen LogP contribution < -0.4 is 15.2 Å². The number of methoxy groups -OCH3 is 1. The second-order valence-corrected chi connectivity index (χ2v) is 6.19. The zero-order chi connectivity index (χ0) is 13.6. The first-order chi connectivity index (χ1) is 8.37. The van der Waals surface area contributed by atoms with Crippen LogP contribution in [0.5, 0.6) is 0 Å². The maximum atomic E-state index is 11.5. The SMILES string of the molecule is COC(=O)NS(=O)(=O)NCC1(N)CCCCCC1. The molecule has 0 aliphatic heterocycles. The van der Waals surface area contributed by atoms with Crippen LogP contribution in [-0.4, -0.2) is 33.7 Å². The standard InChI is InChI=1S/C10H21N3O4S/c1-17-9(14)13-18(15,16)12-8-10(11)6-4-2-3-5-7-10/h12H,2-8,11H2,1H3,(H,13,14). The van der Waals surface area contributed by atoms with Gasteiger partial charge in [0, 0.05) is 12.1 Å². The lowest BCUT2D eigenvalue weighted by Crippen LogP contribution is -2.52.